The second-order valence-corrected chi connectivity index (χ2v) is 3.35. The molecule has 66 valence electrons. The van der Waals surface area contributed by atoms with Crippen LogP contribution in [0.3, 0.4) is 0 Å². The van der Waals surface area contributed by atoms with Gasteiger partial charge in [0.1, 0.15) is 0 Å². The van der Waals surface area contributed by atoms with E-state index in [4.69, 9.17) is 0 Å². The molecule has 1 nitrogen and oxygen atoms in total. The second-order valence-electron chi connectivity index (χ2n) is 2.43. The average molecular weight is 239 g/mol. The minimum atomic E-state index is -4.98. The highest BCUT2D eigenvalue weighted by atomic mass is 79.9. The van der Waals surface area contributed by atoms with Gasteiger partial charge in [0.25, 0.3) is 0 Å². The first-order valence-corrected chi connectivity index (χ1v) is 4.02. The Labute approximate surface area is 76.2 Å². The smallest absolute Gasteiger partial charge is 0.444 e. The van der Waals surface area contributed by atoms with Gasteiger partial charge in [-0.25, -0.2) is 0 Å². The lowest BCUT2D eigenvalue weighted by atomic mass is 9.82. The standard InChI is InChI=1S/C6H5BBrF3N/c1-4-2-5(8)3-12-6(4)7(9,10)11/h2-3H,1H3/q-1. The molecule has 0 aliphatic rings. The van der Waals surface area contributed by atoms with Crippen LogP contribution in [0.25, 0.3) is 0 Å². The molecule has 0 saturated heterocycles. The first-order chi connectivity index (χ1) is 5.41. The molecular formula is C6H5BBrF3N-. The lowest BCUT2D eigenvalue weighted by molar-refractivity contribution is 0.498. The zero-order valence-corrected chi connectivity index (χ0v) is 7.78. The van der Waals surface area contributed by atoms with E-state index in [0.29, 0.717) is 4.47 Å². The van der Waals surface area contributed by atoms with Crippen LogP contribution in [0.15, 0.2) is 16.7 Å². The van der Waals surface area contributed by atoms with Crippen LogP contribution in [0.2, 0.25) is 0 Å². The van der Waals surface area contributed by atoms with E-state index >= 15 is 0 Å². The lowest BCUT2D eigenvalue weighted by Crippen LogP contribution is -2.38. The summed E-state index contributed by atoms with van der Waals surface area (Å²) in [5, 5.41) is 0. The topological polar surface area (TPSA) is 12.9 Å². The molecule has 0 unspecified atom stereocenters. The van der Waals surface area contributed by atoms with Gasteiger partial charge in [-0.2, -0.15) is 0 Å². The Bertz CT molecular complexity index is 299. The molecule has 12 heavy (non-hydrogen) atoms. The number of nitrogens with zero attached hydrogens (tertiary/aromatic N) is 1. The highest BCUT2D eigenvalue weighted by Crippen LogP contribution is 2.13. The van der Waals surface area contributed by atoms with Crippen molar-refractivity contribution in [3.05, 3.63) is 22.3 Å². The van der Waals surface area contributed by atoms with Gasteiger partial charge in [-0.3, -0.25) is 4.98 Å². The highest BCUT2D eigenvalue weighted by Gasteiger charge is 2.28. The van der Waals surface area contributed by atoms with Crippen LogP contribution in [0.4, 0.5) is 12.9 Å². The van der Waals surface area contributed by atoms with Crippen molar-refractivity contribution >= 4 is 28.5 Å². The number of aromatic nitrogens is 1. The third kappa shape index (κ3) is 2.00. The fourth-order valence-electron chi connectivity index (χ4n) is 0.894. The maximum absolute atomic E-state index is 12.2. The van der Waals surface area contributed by atoms with E-state index in [1.165, 1.54) is 13.0 Å². The molecule has 0 bridgehead atoms. The molecule has 0 aliphatic heterocycles. The van der Waals surface area contributed by atoms with Crippen LogP contribution in [0.1, 0.15) is 5.56 Å². The third-order valence-corrected chi connectivity index (χ3v) is 1.83. The summed E-state index contributed by atoms with van der Waals surface area (Å²) in [6, 6.07) is 1.40. The van der Waals surface area contributed by atoms with Crippen molar-refractivity contribution in [2.75, 3.05) is 0 Å². The van der Waals surface area contributed by atoms with E-state index in [1.54, 1.807) is 0 Å². The predicted molar refractivity (Wildman–Crippen MR) is 45.4 cm³/mol. The van der Waals surface area contributed by atoms with Crippen LogP contribution < -0.4 is 5.59 Å². The van der Waals surface area contributed by atoms with Gasteiger partial charge in [0.2, 0.25) is 0 Å². The quantitative estimate of drug-likeness (QED) is 0.684. The van der Waals surface area contributed by atoms with Crippen LogP contribution in [0, 0.1) is 6.92 Å². The minimum absolute atomic E-state index is 0.150. The maximum atomic E-state index is 12.2. The van der Waals surface area contributed by atoms with Gasteiger partial charge < -0.3 is 12.9 Å². The van der Waals surface area contributed by atoms with Crippen LogP contribution in [0.5, 0.6) is 0 Å². The largest absolute Gasteiger partial charge is 0.527 e. The number of hydrogen-bond donors (Lipinski definition) is 0. The Morgan fingerprint density at radius 2 is 2.00 bits per heavy atom. The summed E-state index contributed by atoms with van der Waals surface area (Å²) >= 11 is 3.04. The van der Waals surface area contributed by atoms with Gasteiger partial charge in [-0.15, -0.1) is 0 Å². The van der Waals surface area contributed by atoms with Gasteiger partial charge in [0.15, 0.2) is 0 Å². The van der Waals surface area contributed by atoms with Crippen molar-refractivity contribution < 1.29 is 12.9 Å². The van der Waals surface area contributed by atoms with E-state index in [9.17, 15) is 12.9 Å². The highest BCUT2D eigenvalue weighted by molar-refractivity contribution is 9.10. The third-order valence-electron chi connectivity index (χ3n) is 1.40. The molecule has 0 aromatic carbocycles. The Morgan fingerprint density at radius 1 is 1.42 bits per heavy atom. The average Bonchev–Trinajstić information content (AvgIpc) is 1.83. The minimum Gasteiger partial charge on any atom is -0.444 e. The van der Waals surface area contributed by atoms with E-state index in [-0.39, 0.29) is 5.56 Å². The van der Waals surface area contributed by atoms with Crippen LogP contribution in [-0.2, 0) is 0 Å². The summed E-state index contributed by atoms with van der Waals surface area (Å²) in [6.07, 6.45) is 1.15. The van der Waals surface area contributed by atoms with Crippen LogP contribution >= 0.6 is 15.9 Å². The molecule has 0 atom stereocenters. The second kappa shape index (κ2) is 3.09. The maximum Gasteiger partial charge on any atom is 0.527 e. The fraction of sp³-hybridized carbons (Fsp3) is 0.167. The molecule has 0 aliphatic carbocycles. The normalized spacial score (nSPS) is 11.8. The number of halogens is 4. The first kappa shape index (κ1) is 9.57. The van der Waals surface area contributed by atoms with Gasteiger partial charge in [0.05, 0.1) is 0 Å². The molecule has 0 spiro atoms. The van der Waals surface area contributed by atoms with Gasteiger partial charge >= 0.3 is 6.98 Å². The summed E-state index contributed by atoms with van der Waals surface area (Å²) < 4.78 is 37.1. The first-order valence-electron chi connectivity index (χ1n) is 3.23. The Morgan fingerprint density at radius 3 is 2.42 bits per heavy atom. The molecule has 0 N–H and O–H groups in total. The Hall–Kier alpha value is -0.515. The lowest BCUT2D eigenvalue weighted by Gasteiger charge is -2.15. The van der Waals surface area contributed by atoms with Gasteiger partial charge in [-0.05, 0) is 34.5 Å². The van der Waals surface area contributed by atoms with Crippen molar-refractivity contribution in [1.29, 1.82) is 0 Å². The summed E-state index contributed by atoms with van der Waals surface area (Å²) in [7, 11) is 0. The Kier molecular flexibility index (Phi) is 2.46. The molecule has 0 amide bonds. The fourth-order valence-corrected chi connectivity index (χ4v) is 1.34. The summed E-state index contributed by atoms with van der Waals surface area (Å²) in [5.74, 6) is 0. The molecule has 1 rings (SSSR count). The van der Waals surface area contributed by atoms with Gasteiger partial charge in [-0.1, -0.05) is 5.56 Å². The van der Waals surface area contributed by atoms with Crippen molar-refractivity contribution in [3.63, 3.8) is 0 Å². The zero-order chi connectivity index (χ0) is 9.35. The molecule has 0 fully saturated rings. The van der Waals surface area contributed by atoms with Crippen molar-refractivity contribution in [3.8, 4) is 0 Å². The summed E-state index contributed by atoms with van der Waals surface area (Å²) in [5.41, 5.74) is -0.616. The van der Waals surface area contributed by atoms with E-state index < -0.39 is 12.6 Å². The molecule has 0 saturated carbocycles. The predicted octanol–water partition coefficient (Wildman–Crippen LogP) is 2.21. The number of pyridine rings is 1. The number of aryl methyl sites for hydroxylation is 1. The number of hydrogen-bond acceptors (Lipinski definition) is 1. The van der Waals surface area contributed by atoms with Crippen molar-refractivity contribution in [1.82, 2.24) is 4.98 Å². The summed E-state index contributed by atoms with van der Waals surface area (Å²) in [4.78, 5) is 3.30. The molecule has 6 heteroatoms. The SMILES string of the molecule is Cc1cc(Br)cnc1[B-](F)(F)F. The molecule has 1 heterocycles. The van der Waals surface area contributed by atoms with Crippen molar-refractivity contribution in [2.45, 2.75) is 6.92 Å². The van der Waals surface area contributed by atoms with E-state index in [0.717, 1.165) is 6.20 Å². The van der Waals surface area contributed by atoms with E-state index in [2.05, 4.69) is 20.9 Å². The van der Waals surface area contributed by atoms with Crippen molar-refractivity contribution in [2.24, 2.45) is 0 Å². The molecule has 1 aromatic heterocycles. The Balaban J connectivity index is 3.19. The summed E-state index contributed by atoms with van der Waals surface area (Å²) in [6.45, 7) is -3.58. The van der Waals surface area contributed by atoms with Crippen LogP contribution in [-0.4, -0.2) is 12.0 Å². The molecule has 0 radical (unpaired) electrons. The monoisotopic (exact) mass is 238 g/mol. The van der Waals surface area contributed by atoms with Gasteiger partial charge in [0, 0.05) is 10.7 Å². The zero-order valence-electron chi connectivity index (χ0n) is 6.19. The molecule has 1 aromatic rings. The van der Waals surface area contributed by atoms with E-state index in [1.807, 2.05) is 0 Å². The molecular weight excluding hydrogens is 234 g/mol. The number of rotatable bonds is 1.